The summed E-state index contributed by atoms with van der Waals surface area (Å²) in [6.07, 6.45) is 6.25. The van der Waals surface area contributed by atoms with Crippen LogP contribution in [0.1, 0.15) is 44.1 Å². The van der Waals surface area contributed by atoms with Crippen LogP contribution in [0.4, 0.5) is 9.18 Å². The summed E-state index contributed by atoms with van der Waals surface area (Å²) in [7, 11) is 0. The van der Waals surface area contributed by atoms with Crippen molar-refractivity contribution in [1.82, 2.24) is 20.0 Å². The third kappa shape index (κ3) is 4.43. The second-order valence-electron chi connectivity index (χ2n) is 9.82. The van der Waals surface area contributed by atoms with Crippen LogP contribution in [-0.2, 0) is 11.3 Å². The summed E-state index contributed by atoms with van der Waals surface area (Å²) in [6, 6.07) is 7.21. The molecular formula is C24H33FN4O2. The van der Waals surface area contributed by atoms with E-state index in [0.29, 0.717) is 36.4 Å². The zero-order chi connectivity index (χ0) is 21.4. The number of hydrogen-bond donors (Lipinski definition) is 1. The topological polar surface area (TPSA) is 55.9 Å². The lowest BCUT2D eigenvalue weighted by Crippen LogP contribution is -2.62. The molecule has 31 heavy (non-hydrogen) atoms. The third-order valence-electron chi connectivity index (χ3n) is 7.83. The van der Waals surface area contributed by atoms with Crippen LogP contribution < -0.4 is 5.32 Å². The fourth-order valence-electron chi connectivity index (χ4n) is 6.27. The number of benzene rings is 1. The van der Waals surface area contributed by atoms with Gasteiger partial charge in [-0.3, -0.25) is 9.69 Å². The summed E-state index contributed by atoms with van der Waals surface area (Å²) in [4.78, 5) is 31.7. The van der Waals surface area contributed by atoms with Gasteiger partial charge in [0, 0.05) is 57.8 Å². The minimum atomic E-state index is -0.262. The Hall–Kier alpha value is -2.15. The third-order valence-corrected chi connectivity index (χ3v) is 7.83. The predicted octanol–water partition coefficient (Wildman–Crippen LogP) is 2.83. The van der Waals surface area contributed by atoms with Gasteiger partial charge in [0.1, 0.15) is 5.82 Å². The van der Waals surface area contributed by atoms with Crippen molar-refractivity contribution in [3.63, 3.8) is 0 Å². The van der Waals surface area contributed by atoms with Crippen LogP contribution in [0, 0.1) is 17.7 Å². The van der Waals surface area contributed by atoms with Crippen LogP contribution in [0.25, 0.3) is 0 Å². The van der Waals surface area contributed by atoms with E-state index in [1.54, 1.807) is 12.1 Å². The molecule has 2 bridgehead atoms. The number of hydrogen-bond acceptors (Lipinski definition) is 3. The van der Waals surface area contributed by atoms with Gasteiger partial charge in [0.2, 0.25) is 5.91 Å². The molecule has 4 aliphatic heterocycles. The number of halogens is 1. The number of fused-ring (bicyclic) bond motifs is 4. The number of urea groups is 1. The molecule has 6 nitrogen and oxygen atoms in total. The molecule has 1 N–H and O–H groups in total. The van der Waals surface area contributed by atoms with Gasteiger partial charge in [-0.25, -0.2) is 9.18 Å². The highest BCUT2D eigenvalue weighted by atomic mass is 19.1. The molecule has 4 fully saturated rings. The van der Waals surface area contributed by atoms with Crippen LogP contribution in [0.2, 0.25) is 0 Å². The van der Waals surface area contributed by atoms with Gasteiger partial charge in [-0.2, -0.15) is 0 Å². The van der Waals surface area contributed by atoms with Crippen molar-refractivity contribution in [2.45, 2.75) is 57.2 Å². The lowest BCUT2D eigenvalue weighted by atomic mass is 9.75. The van der Waals surface area contributed by atoms with Gasteiger partial charge in [0.15, 0.2) is 0 Å². The number of rotatable bonds is 3. The molecule has 0 spiro atoms. The standard InChI is InChI=1S/C24H33FN4O2/c25-20-6-4-17(5-7-20)13-26-24(31)27-10-8-21(9-11-27)28-14-18-12-19(16-28)22-2-1-3-23(30)29(22)15-18/h4-7,18-19,21-22H,1-3,8-16H2,(H,26,31)/t18-,19-,22-/m1/s1. The normalized spacial score (nSPS) is 29.6. The van der Waals surface area contributed by atoms with Gasteiger partial charge in [0.25, 0.3) is 0 Å². The van der Waals surface area contributed by atoms with Gasteiger partial charge < -0.3 is 15.1 Å². The molecule has 3 amide bonds. The van der Waals surface area contributed by atoms with E-state index in [-0.39, 0.29) is 11.8 Å². The van der Waals surface area contributed by atoms with Crippen LogP contribution in [0.5, 0.6) is 0 Å². The van der Waals surface area contributed by atoms with E-state index in [0.717, 1.165) is 64.0 Å². The van der Waals surface area contributed by atoms with Crippen molar-refractivity contribution in [1.29, 1.82) is 0 Å². The summed E-state index contributed by atoms with van der Waals surface area (Å²) in [5.41, 5.74) is 0.903. The fourth-order valence-corrected chi connectivity index (χ4v) is 6.27. The van der Waals surface area contributed by atoms with Gasteiger partial charge in [-0.15, -0.1) is 0 Å². The molecule has 0 saturated carbocycles. The molecule has 3 atom stereocenters. The molecule has 0 radical (unpaired) electrons. The maximum absolute atomic E-state index is 13.0. The molecule has 4 saturated heterocycles. The molecule has 4 heterocycles. The van der Waals surface area contributed by atoms with Crippen molar-refractivity contribution in [2.24, 2.45) is 11.8 Å². The fraction of sp³-hybridized carbons (Fsp3) is 0.667. The molecule has 1 aromatic rings. The molecule has 0 aromatic heterocycles. The molecular weight excluding hydrogens is 395 g/mol. The number of nitrogens with one attached hydrogen (secondary N) is 1. The number of carbonyl (C=O) groups is 2. The monoisotopic (exact) mass is 428 g/mol. The Balaban J connectivity index is 1.11. The smallest absolute Gasteiger partial charge is 0.317 e. The summed E-state index contributed by atoms with van der Waals surface area (Å²) in [5.74, 6) is 1.34. The van der Waals surface area contributed by atoms with E-state index in [2.05, 4.69) is 15.1 Å². The molecule has 168 valence electrons. The van der Waals surface area contributed by atoms with Crippen molar-refractivity contribution in [3.8, 4) is 0 Å². The molecule has 0 aliphatic carbocycles. The summed E-state index contributed by atoms with van der Waals surface area (Å²) in [6.45, 7) is 5.12. The van der Waals surface area contributed by atoms with Crippen molar-refractivity contribution >= 4 is 11.9 Å². The highest BCUT2D eigenvalue weighted by molar-refractivity contribution is 5.77. The molecule has 1 aromatic carbocycles. The first-order chi connectivity index (χ1) is 15.1. The first-order valence-electron chi connectivity index (χ1n) is 11.9. The van der Waals surface area contributed by atoms with E-state index < -0.39 is 0 Å². The van der Waals surface area contributed by atoms with Gasteiger partial charge >= 0.3 is 6.03 Å². The SMILES string of the molecule is O=C(NCc1ccc(F)cc1)N1CCC(N2C[C@H]3C[C@H](C2)[C@H]2CCCC(=O)N2C3)CC1. The quantitative estimate of drug-likeness (QED) is 0.806. The Kier molecular flexibility index (Phi) is 5.87. The number of carbonyl (C=O) groups excluding carboxylic acids is 2. The Bertz CT molecular complexity index is 808. The van der Waals surface area contributed by atoms with Crippen LogP contribution in [0.15, 0.2) is 24.3 Å². The van der Waals surface area contributed by atoms with Crippen LogP contribution in [-0.4, -0.2) is 71.4 Å². The minimum Gasteiger partial charge on any atom is -0.339 e. The lowest BCUT2D eigenvalue weighted by molar-refractivity contribution is -0.145. The van der Waals surface area contributed by atoms with Crippen LogP contribution in [0.3, 0.4) is 0 Å². The van der Waals surface area contributed by atoms with Crippen molar-refractivity contribution in [3.05, 3.63) is 35.6 Å². The molecule has 5 rings (SSSR count). The Morgan fingerprint density at radius 1 is 1.06 bits per heavy atom. The minimum absolute atomic E-state index is 0.0327. The zero-order valence-corrected chi connectivity index (χ0v) is 18.1. The average molecular weight is 429 g/mol. The van der Waals surface area contributed by atoms with Crippen LogP contribution >= 0.6 is 0 Å². The van der Waals surface area contributed by atoms with Gasteiger partial charge in [-0.1, -0.05) is 12.1 Å². The number of likely N-dealkylation sites (tertiary alicyclic amines) is 2. The first kappa shape index (κ1) is 20.7. The highest BCUT2D eigenvalue weighted by Gasteiger charge is 2.45. The maximum Gasteiger partial charge on any atom is 0.317 e. The van der Waals surface area contributed by atoms with Crippen molar-refractivity contribution < 1.29 is 14.0 Å². The van der Waals surface area contributed by atoms with Crippen molar-refractivity contribution in [2.75, 3.05) is 32.7 Å². The van der Waals surface area contributed by atoms with E-state index in [1.807, 2.05) is 4.90 Å². The average Bonchev–Trinajstić information content (AvgIpc) is 2.79. The molecule has 7 heteroatoms. The number of amides is 3. The van der Waals surface area contributed by atoms with E-state index in [4.69, 9.17) is 0 Å². The first-order valence-corrected chi connectivity index (χ1v) is 11.9. The summed E-state index contributed by atoms with van der Waals surface area (Å²) < 4.78 is 13.0. The summed E-state index contributed by atoms with van der Waals surface area (Å²) >= 11 is 0. The number of nitrogens with zero attached hydrogens (tertiary/aromatic N) is 3. The lowest BCUT2D eigenvalue weighted by Gasteiger charge is -2.54. The highest BCUT2D eigenvalue weighted by Crippen LogP contribution is 2.39. The van der Waals surface area contributed by atoms with E-state index >= 15 is 0 Å². The second-order valence-corrected chi connectivity index (χ2v) is 9.82. The maximum atomic E-state index is 13.0. The zero-order valence-electron chi connectivity index (χ0n) is 18.1. The van der Waals surface area contributed by atoms with E-state index in [1.165, 1.54) is 25.0 Å². The van der Waals surface area contributed by atoms with Gasteiger partial charge in [0.05, 0.1) is 0 Å². The largest absolute Gasteiger partial charge is 0.339 e. The Morgan fingerprint density at radius 2 is 1.84 bits per heavy atom. The number of piperidine rings is 4. The Morgan fingerprint density at radius 3 is 2.61 bits per heavy atom. The summed E-state index contributed by atoms with van der Waals surface area (Å²) in [5, 5.41) is 2.96. The Labute approximate surface area is 183 Å². The predicted molar refractivity (Wildman–Crippen MR) is 116 cm³/mol. The molecule has 0 unspecified atom stereocenters. The molecule has 4 aliphatic rings. The van der Waals surface area contributed by atoms with Gasteiger partial charge in [-0.05, 0) is 61.6 Å². The second kappa shape index (κ2) is 8.77. The van der Waals surface area contributed by atoms with E-state index in [9.17, 15) is 14.0 Å².